The fourth-order valence-corrected chi connectivity index (χ4v) is 3.20. The first-order valence-corrected chi connectivity index (χ1v) is 7.30. The number of aromatic nitrogens is 2. The van der Waals surface area contributed by atoms with Crippen molar-refractivity contribution in [2.75, 3.05) is 6.54 Å². The molecular weight excluding hydrogens is 246 g/mol. The molecule has 1 aromatic heterocycles. The molecule has 0 aliphatic heterocycles. The van der Waals surface area contributed by atoms with Gasteiger partial charge in [-0.2, -0.15) is 0 Å². The number of nitrogens with zero attached hydrogens (tertiary/aromatic N) is 2. The predicted octanol–water partition coefficient (Wildman–Crippen LogP) is 2.48. The van der Waals surface area contributed by atoms with Crippen LogP contribution in [0, 0.1) is 13.8 Å². The Balaban J connectivity index is 1.90. The zero-order valence-electron chi connectivity index (χ0n) is 12.2. The topological polar surface area (TPSA) is 51.8 Å². The molecule has 3 heteroatoms. The van der Waals surface area contributed by atoms with Crippen LogP contribution in [0.3, 0.4) is 0 Å². The van der Waals surface area contributed by atoms with Crippen molar-refractivity contribution in [3.8, 4) is 0 Å². The molecule has 20 heavy (non-hydrogen) atoms. The van der Waals surface area contributed by atoms with Crippen LogP contribution in [0.1, 0.15) is 39.8 Å². The molecule has 0 radical (unpaired) electrons. The van der Waals surface area contributed by atoms with Crippen molar-refractivity contribution in [2.45, 2.75) is 39.0 Å². The molecule has 0 bridgehead atoms. The summed E-state index contributed by atoms with van der Waals surface area (Å²) in [6.07, 6.45) is 2.99. The van der Waals surface area contributed by atoms with E-state index in [0.29, 0.717) is 12.5 Å². The molecule has 2 aromatic rings. The molecule has 1 aliphatic rings. The van der Waals surface area contributed by atoms with Gasteiger partial charge in [0.15, 0.2) is 0 Å². The van der Waals surface area contributed by atoms with E-state index in [1.807, 2.05) is 0 Å². The van der Waals surface area contributed by atoms with Crippen LogP contribution in [0.4, 0.5) is 0 Å². The predicted molar refractivity (Wildman–Crippen MR) is 80.9 cm³/mol. The summed E-state index contributed by atoms with van der Waals surface area (Å²) in [7, 11) is 0. The Morgan fingerprint density at radius 1 is 1.05 bits per heavy atom. The monoisotopic (exact) mass is 267 g/mol. The van der Waals surface area contributed by atoms with Gasteiger partial charge >= 0.3 is 0 Å². The molecule has 0 saturated carbocycles. The van der Waals surface area contributed by atoms with Gasteiger partial charge in [-0.25, -0.2) is 9.97 Å². The minimum absolute atomic E-state index is 0.428. The van der Waals surface area contributed by atoms with Crippen molar-refractivity contribution in [1.82, 2.24) is 9.97 Å². The number of nitrogens with two attached hydrogens (primary N) is 1. The van der Waals surface area contributed by atoms with Gasteiger partial charge in [-0.3, -0.25) is 0 Å². The third kappa shape index (κ3) is 2.34. The van der Waals surface area contributed by atoms with Gasteiger partial charge in [-0.15, -0.1) is 0 Å². The van der Waals surface area contributed by atoms with E-state index in [2.05, 4.69) is 38.1 Å². The van der Waals surface area contributed by atoms with E-state index < -0.39 is 0 Å². The van der Waals surface area contributed by atoms with E-state index in [0.717, 1.165) is 36.5 Å². The average molecular weight is 267 g/mol. The Hall–Kier alpha value is -1.74. The summed E-state index contributed by atoms with van der Waals surface area (Å²) in [6.45, 7) is 4.80. The van der Waals surface area contributed by atoms with Crippen LogP contribution in [0.2, 0.25) is 0 Å². The van der Waals surface area contributed by atoms with Gasteiger partial charge in [0.05, 0.1) is 0 Å². The number of fused-ring (bicyclic) bond motifs is 1. The van der Waals surface area contributed by atoms with Gasteiger partial charge in [0.2, 0.25) is 0 Å². The molecule has 0 spiro atoms. The lowest BCUT2D eigenvalue weighted by Gasteiger charge is -2.13. The van der Waals surface area contributed by atoms with E-state index in [1.54, 1.807) is 0 Å². The first-order valence-electron chi connectivity index (χ1n) is 7.30. The molecular formula is C17H21N3. The summed E-state index contributed by atoms with van der Waals surface area (Å²) in [6, 6.07) is 8.67. The lowest BCUT2D eigenvalue weighted by Crippen LogP contribution is -2.13. The number of hydrogen-bond donors (Lipinski definition) is 1. The molecule has 1 heterocycles. The van der Waals surface area contributed by atoms with Crippen LogP contribution in [0.5, 0.6) is 0 Å². The molecule has 1 aromatic carbocycles. The highest BCUT2D eigenvalue weighted by Gasteiger charge is 2.25. The molecule has 1 aliphatic carbocycles. The second-order valence-corrected chi connectivity index (χ2v) is 5.64. The lowest BCUT2D eigenvalue weighted by atomic mass is 10.0. The summed E-state index contributed by atoms with van der Waals surface area (Å²) in [4.78, 5) is 9.50. The van der Waals surface area contributed by atoms with E-state index in [-0.39, 0.29) is 0 Å². The van der Waals surface area contributed by atoms with Crippen molar-refractivity contribution in [1.29, 1.82) is 0 Å². The average Bonchev–Trinajstić information content (AvgIpc) is 2.86. The Kier molecular flexibility index (Phi) is 3.53. The Morgan fingerprint density at radius 2 is 1.60 bits per heavy atom. The smallest absolute Gasteiger partial charge is 0.132 e. The van der Waals surface area contributed by atoms with Crippen LogP contribution in [-0.4, -0.2) is 16.5 Å². The highest BCUT2D eigenvalue weighted by Crippen LogP contribution is 2.32. The standard InChI is InChI=1S/C17H21N3/c1-11-16(7-8-18)12(2)20-17(19-11)15-9-13-5-3-4-6-14(13)10-15/h3-6,15H,7-10,18H2,1-2H3. The van der Waals surface area contributed by atoms with E-state index in [9.17, 15) is 0 Å². The molecule has 104 valence electrons. The number of hydrogen-bond acceptors (Lipinski definition) is 3. The minimum atomic E-state index is 0.428. The van der Waals surface area contributed by atoms with Gasteiger partial charge in [-0.1, -0.05) is 24.3 Å². The summed E-state index contributed by atoms with van der Waals surface area (Å²) >= 11 is 0. The van der Waals surface area contributed by atoms with Gasteiger partial charge in [0.25, 0.3) is 0 Å². The maximum Gasteiger partial charge on any atom is 0.132 e. The van der Waals surface area contributed by atoms with Crippen LogP contribution in [-0.2, 0) is 19.3 Å². The van der Waals surface area contributed by atoms with E-state index in [4.69, 9.17) is 15.7 Å². The lowest BCUT2D eigenvalue weighted by molar-refractivity contribution is 0.668. The van der Waals surface area contributed by atoms with Crippen molar-refractivity contribution in [3.05, 3.63) is 58.2 Å². The largest absolute Gasteiger partial charge is 0.330 e. The maximum absolute atomic E-state index is 5.66. The van der Waals surface area contributed by atoms with Crippen LogP contribution >= 0.6 is 0 Å². The third-order valence-electron chi connectivity index (χ3n) is 4.25. The van der Waals surface area contributed by atoms with Gasteiger partial charge in [-0.05, 0) is 56.3 Å². The Labute approximate surface area is 120 Å². The number of rotatable bonds is 3. The normalized spacial score (nSPS) is 14.6. The third-order valence-corrected chi connectivity index (χ3v) is 4.25. The quantitative estimate of drug-likeness (QED) is 0.929. The summed E-state index contributed by atoms with van der Waals surface area (Å²) < 4.78 is 0. The van der Waals surface area contributed by atoms with Crippen molar-refractivity contribution < 1.29 is 0 Å². The highest BCUT2D eigenvalue weighted by molar-refractivity contribution is 5.36. The molecule has 0 atom stereocenters. The van der Waals surface area contributed by atoms with Crippen molar-refractivity contribution >= 4 is 0 Å². The maximum atomic E-state index is 5.66. The zero-order chi connectivity index (χ0) is 14.1. The van der Waals surface area contributed by atoms with Gasteiger partial charge in [0.1, 0.15) is 5.82 Å². The minimum Gasteiger partial charge on any atom is -0.330 e. The second kappa shape index (κ2) is 5.33. The summed E-state index contributed by atoms with van der Waals surface area (Å²) in [5.41, 5.74) is 12.0. The molecule has 0 saturated heterocycles. The van der Waals surface area contributed by atoms with Crippen LogP contribution in [0.15, 0.2) is 24.3 Å². The van der Waals surface area contributed by atoms with Crippen molar-refractivity contribution in [3.63, 3.8) is 0 Å². The van der Waals surface area contributed by atoms with Crippen molar-refractivity contribution in [2.24, 2.45) is 5.73 Å². The van der Waals surface area contributed by atoms with Gasteiger partial charge < -0.3 is 5.73 Å². The van der Waals surface area contributed by atoms with Crippen LogP contribution in [0.25, 0.3) is 0 Å². The van der Waals surface area contributed by atoms with Crippen LogP contribution < -0.4 is 5.73 Å². The Morgan fingerprint density at radius 3 is 2.10 bits per heavy atom. The fourth-order valence-electron chi connectivity index (χ4n) is 3.20. The molecule has 2 N–H and O–H groups in total. The second-order valence-electron chi connectivity index (χ2n) is 5.64. The zero-order valence-corrected chi connectivity index (χ0v) is 12.2. The molecule has 3 nitrogen and oxygen atoms in total. The highest BCUT2D eigenvalue weighted by atomic mass is 14.9. The molecule has 0 fully saturated rings. The van der Waals surface area contributed by atoms with E-state index in [1.165, 1.54) is 16.7 Å². The number of aryl methyl sites for hydroxylation is 2. The summed E-state index contributed by atoms with van der Waals surface area (Å²) in [5.74, 6) is 1.42. The van der Waals surface area contributed by atoms with Gasteiger partial charge in [0, 0.05) is 17.3 Å². The summed E-state index contributed by atoms with van der Waals surface area (Å²) in [5, 5.41) is 0. The fraction of sp³-hybridized carbons (Fsp3) is 0.412. The first kappa shape index (κ1) is 13.3. The molecule has 0 unspecified atom stereocenters. The van der Waals surface area contributed by atoms with E-state index >= 15 is 0 Å². The Bertz CT molecular complexity index is 586. The number of benzene rings is 1. The first-order chi connectivity index (χ1) is 9.69. The SMILES string of the molecule is Cc1nc(C2Cc3ccccc3C2)nc(C)c1CCN. The molecule has 0 amide bonds. The molecule has 3 rings (SSSR count).